The molecule has 4 rings (SSSR count). The molecular weight excluding hydrogens is 326 g/mol. The molecule has 2 saturated heterocycles. The van der Waals surface area contributed by atoms with Gasteiger partial charge in [-0.1, -0.05) is 36.4 Å². The molecule has 134 valence electrons. The number of rotatable bonds is 4. The quantitative estimate of drug-likeness (QED) is 0.919. The highest BCUT2D eigenvalue weighted by atomic mass is 16.2. The van der Waals surface area contributed by atoms with E-state index >= 15 is 0 Å². The van der Waals surface area contributed by atoms with Crippen molar-refractivity contribution in [1.82, 2.24) is 15.1 Å². The Morgan fingerprint density at radius 2 is 1.23 bits per heavy atom. The van der Waals surface area contributed by atoms with E-state index in [1.54, 1.807) is 0 Å². The SMILES string of the molecule is O=C(c1ccccc1)N1CCC(NC2CN(C(=O)c3ccccc3)C2)C1. The lowest BCUT2D eigenvalue weighted by molar-refractivity contribution is 0.0552. The van der Waals surface area contributed by atoms with Gasteiger partial charge in [-0.05, 0) is 30.7 Å². The molecule has 0 spiro atoms. The predicted molar refractivity (Wildman–Crippen MR) is 100 cm³/mol. The number of hydrogen-bond donors (Lipinski definition) is 1. The number of nitrogens with zero attached hydrogens (tertiary/aromatic N) is 2. The first-order valence-electron chi connectivity index (χ1n) is 9.15. The summed E-state index contributed by atoms with van der Waals surface area (Å²) in [6.45, 7) is 2.98. The number of benzene rings is 2. The molecule has 2 amide bonds. The Morgan fingerprint density at radius 1 is 0.731 bits per heavy atom. The maximum Gasteiger partial charge on any atom is 0.253 e. The average molecular weight is 349 g/mol. The molecule has 1 N–H and O–H groups in total. The molecule has 0 radical (unpaired) electrons. The Bertz CT molecular complexity index is 772. The van der Waals surface area contributed by atoms with Crippen molar-refractivity contribution in [3.05, 3.63) is 71.8 Å². The van der Waals surface area contributed by atoms with Crippen molar-refractivity contribution in [3.63, 3.8) is 0 Å². The molecule has 0 bridgehead atoms. The van der Waals surface area contributed by atoms with Crippen LogP contribution in [0.15, 0.2) is 60.7 Å². The number of nitrogens with one attached hydrogen (secondary N) is 1. The molecule has 2 heterocycles. The summed E-state index contributed by atoms with van der Waals surface area (Å²) in [7, 11) is 0. The van der Waals surface area contributed by atoms with Crippen LogP contribution >= 0.6 is 0 Å². The van der Waals surface area contributed by atoms with Gasteiger partial charge in [0, 0.05) is 49.4 Å². The van der Waals surface area contributed by atoms with Gasteiger partial charge in [-0.25, -0.2) is 0 Å². The van der Waals surface area contributed by atoms with Gasteiger partial charge in [0.05, 0.1) is 0 Å². The van der Waals surface area contributed by atoms with Gasteiger partial charge in [0.1, 0.15) is 0 Å². The van der Waals surface area contributed by atoms with Crippen LogP contribution in [0.3, 0.4) is 0 Å². The van der Waals surface area contributed by atoms with Crippen molar-refractivity contribution in [1.29, 1.82) is 0 Å². The maximum atomic E-state index is 12.5. The van der Waals surface area contributed by atoms with E-state index in [1.165, 1.54) is 0 Å². The molecule has 0 aliphatic carbocycles. The lowest BCUT2D eigenvalue weighted by Gasteiger charge is -2.41. The van der Waals surface area contributed by atoms with Crippen LogP contribution in [0, 0.1) is 0 Å². The molecule has 1 atom stereocenters. The molecular formula is C21H23N3O2. The van der Waals surface area contributed by atoms with Crippen molar-refractivity contribution in [2.24, 2.45) is 0 Å². The van der Waals surface area contributed by atoms with Crippen LogP contribution in [0.4, 0.5) is 0 Å². The van der Waals surface area contributed by atoms with Gasteiger partial charge in [0.2, 0.25) is 0 Å². The van der Waals surface area contributed by atoms with E-state index in [-0.39, 0.29) is 11.8 Å². The molecule has 5 nitrogen and oxygen atoms in total. The van der Waals surface area contributed by atoms with Crippen molar-refractivity contribution >= 4 is 11.8 Å². The van der Waals surface area contributed by atoms with Gasteiger partial charge >= 0.3 is 0 Å². The normalized spacial score (nSPS) is 20.1. The number of amides is 2. The first-order chi connectivity index (χ1) is 12.7. The van der Waals surface area contributed by atoms with Crippen LogP contribution in [-0.2, 0) is 0 Å². The summed E-state index contributed by atoms with van der Waals surface area (Å²) in [5.74, 6) is 0.195. The summed E-state index contributed by atoms with van der Waals surface area (Å²) in [5.41, 5.74) is 1.49. The fourth-order valence-electron chi connectivity index (χ4n) is 3.69. The molecule has 2 aromatic rings. The topological polar surface area (TPSA) is 52.7 Å². The standard InChI is InChI=1S/C21H23N3O2/c25-20(16-7-3-1-4-8-16)23-12-11-18(13-23)22-19-14-24(15-19)21(26)17-9-5-2-6-10-17/h1-10,18-19,22H,11-15H2. The predicted octanol–water partition coefficient (Wildman–Crippen LogP) is 2.02. The number of carbonyl (C=O) groups is 2. The lowest BCUT2D eigenvalue weighted by Crippen LogP contribution is -2.62. The van der Waals surface area contributed by atoms with Gasteiger partial charge in [0.25, 0.3) is 11.8 Å². The second kappa shape index (κ2) is 7.30. The minimum Gasteiger partial charge on any atom is -0.337 e. The minimum atomic E-state index is 0.0935. The number of carbonyl (C=O) groups excluding carboxylic acids is 2. The zero-order chi connectivity index (χ0) is 17.9. The van der Waals surface area contributed by atoms with Crippen LogP contribution in [0.1, 0.15) is 27.1 Å². The highest BCUT2D eigenvalue weighted by Crippen LogP contribution is 2.18. The Kier molecular flexibility index (Phi) is 4.71. The number of hydrogen-bond acceptors (Lipinski definition) is 3. The molecule has 2 aliphatic heterocycles. The third kappa shape index (κ3) is 3.48. The summed E-state index contributed by atoms with van der Waals surface area (Å²) in [6.07, 6.45) is 0.960. The number of likely N-dealkylation sites (tertiary alicyclic amines) is 2. The van der Waals surface area contributed by atoms with Crippen molar-refractivity contribution in [3.8, 4) is 0 Å². The summed E-state index contributed by atoms with van der Waals surface area (Å²) >= 11 is 0. The lowest BCUT2D eigenvalue weighted by atomic mass is 10.0. The van der Waals surface area contributed by atoms with Crippen molar-refractivity contribution < 1.29 is 9.59 Å². The van der Waals surface area contributed by atoms with Crippen LogP contribution in [0.2, 0.25) is 0 Å². The Labute approximate surface area is 153 Å². The molecule has 26 heavy (non-hydrogen) atoms. The summed E-state index contributed by atoms with van der Waals surface area (Å²) < 4.78 is 0. The van der Waals surface area contributed by atoms with E-state index < -0.39 is 0 Å². The highest BCUT2D eigenvalue weighted by molar-refractivity contribution is 5.95. The van der Waals surface area contributed by atoms with Gasteiger partial charge in [-0.15, -0.1) is 0 Å². The smallest absolute Gasteiger partial charge is 0.253 e. The third-order valence-electron chi connectivity index (χ3n) is 5.16. The van der Waals surface area contributed by atoms with E-state index in [0.29, 0.717) is 12.1 Å². The zero-order valence-corrected chi connectivity index (χ0v) is 14.7. The van der Waals surface area contributed by atoms with Crippen molar-refractivity contribution in [2.45, 2.75) is 18.5 Å². The molecule has 5 heteroatoms. The third-order valence-corrected chi connectivity index (χ3v) is 5.16. The minimum absolute atomic E-state index is 0.0935. The Hall–Kier alpha value is -2.66. The molecule has 2 aliphatic rings. The van der Waals surface area contributed by atoms with E-state index in [4.69, 9.17) is 0 Å². The van der Waals surface area contributed by atoms with Crippen LogP contribution in [0.5, 0.6) is 0 Å². The second-order valence-corrected chi connectivity index (χ2v) is 7.04. The fourth-order valence-corrected chi connectivity index (χ4v) is 3.69. The van der Waals surface area contributed by atoms with Crippen LogP contribution in [0.25, 0.3) is 0 Å². The average Bonchev–Trinajstić information content (AvgIpc) is 3.13. The monoisotopic (exact) mass is 349 g/mol. The maximum absolute atomic E-state index is 12.5. The van der Waals surface area contributed by atoms with E-state index in [9.17, 15) is 9.59 Å². The zero-order valence-electron chi connectivity index (χ0n) is 14.7. The van der Waals surface area contributed by atoms with Crippen LogP contribution in [-0.4, -0.2) is 59.9 Å². The summed E-state index contributed by atoms with van der Waals surface area (Å²) in [4.78, 5) is 28.6. The second-order valence-electron chi connectivity index (χ2n) is 7.04. The first-order valence-corrected chi connectivity index (χ1v) is 9.15. The van der Waals surface area contributed by atoms with E-state index in [0.717, 1.165) is 43.7 Å². The molecule has 1 unspecified atom stereocenters. The van der Waals surface area contributed by atoms with Gasteiger partial charge in [0.15, 0.2) is 0 Å². The van der Waals surface area contributed by atoms with Gasteiger partial charge < -0.3 is 15.1 Å². The molecule has 2 fully saturated rings. The summed E-state index contributed by atoms with van der Waals surface area (Å²) in [6, 6.07) is 19.5. The van der Waals surface area contributed by atoms with Gasteiger partial charge in [-0.2, -0.15) is 0 Å². The van der Waals surface area contributed by atoms with E-state index in [1.807, 2.05) is 70.5 Å². The van der Waals surface area contributed by atoms with Crippen molar-refractivity contribution in [2.75, 3.05) is 26.2 Å². The molecule has 2 aromatic carbocycles. The van der Waals surface area contributed by atoms with E-state index in [2.05, 4.69) is 5.32 Å². The molecule has 0 aromatic heterocycles. The Morgan fingerprint density at radius 3 is 1.81 bits per heavy atom. The van der Waals surface area contributed by atoms with Gasteiger partial charge in [-0.3, -0.25) is 9.59 Å². The van der Waals surface area contributed by atoms with Crippen LogP contribution < -0.4 is 5.32 Å². The fraction of sp³-hybridized carbons (Fsp3) is 0.333. The largest absolute Gasteiger partial charge is 0.337 e. The first kappa shape index (κ1) is 16.8. The Balaban J connectivity index is 1.24. The highest BCUT2D eigenvalue weighted by Gasteiger charge is 2.35. The molecule has 0 saturated carbocycles. The summed E-state index contributed by atoms with van der Waals surface area (Å²) in [5, 5.41) is 3.60.